The van der Waals surface area contributed by atoms with Crippen molar-refractivity contribution in [2.24, 2.45) is 0 Å². The van der Waals surface area contributed by atoms with E-state index in [0.29, 0.717) is 6.54 Å². The molecule has 1 aromatic carbocycles. The van der Waals surface area contributed by atoms with E-state index in [-0.39, 0.29) is 12.1 Å². The van der Waals surface area contributed by atoms with Gasteiger partial charge in [0, 0.05) is 6.54 Å². The van der Waals surface area contributed by atoms with Crippen molar-refractivity contribution in [2.45, 2.75) is 45.8 Å². The van der Waals surface area contributed by atoms with Gasteiger partial charge in [-0.05, 0) is 57.4 Å². The maximum Gasteiger partial charge on any atom is 0.410 e. The Hall–Kier alpha value is -1.71. The maximum absolute atomic E-state index is 12.3. The van der Waals surface area contributed by atoms with E-state index in [1.54, 1.807) is 12.0 Å². The summed E-state index contributed by atoms with van der Waals surface area (Å²) in [6.07, 6.45) is 0.599. The number of methoxy groups -OCH3 is 1. The SMILES string of the molecule is COc1ccc2c(c1)[C@H](C)N(C(=O)OC(C)(C)C)CC2. The van der Waals surface area contributed by atoms with Gasteiger partial charge in [0.15, 0.2) is 0 Å². The van der Waals surface area contributed by atoms with Crippen molar-refractivity contribution in [3.8, 4) is 5.75 Å². The average molecular weight is 277 g/mol. The van der Waals surface area contributed by atoms with E-state index in [4.69, 9.17) is 9.47 Å². The van der Waals surface area contributed by atoms with Crippen LogP contribution in [0, 0.1) is 0 Å². The molecule has 0 saturated carbocycles. The summed E-state index contributed by atoms with van der Waals surface area (Å²) in [7, 11) is 1.65. The highest BCUT2D eigenvalue weighted by Gasteiger charge is 2.31. The molecule has 0 radical (unpaired) electrons. The summed E-state index contributed by atoms with van der Waals surface area (Å²) >= 11 is 0. The molecule has 1 aliphatic rings. The van der Waals surface area contributed by atoms with Crippen LogP contribution in [0.5, 0.6) is 5.75 Å². The lowest BCUT2D eigenvalue weighted by Crippen LogP contribution is -2.42. The quantitative estimate of drug-likeness (QED) is 0.788. The summed E-state index contributed by atoms with van der Waals surface area (Å²) in [6.45, 7) is 8.38. The van der Waals surface area contributed by atoms with Crippen molar-refractivity contribution in [1.29, 1.82) is 0 Å². The van der Waals surface area contributed by atoms with Gasteiger partial charge in [0.2, 0.25) is 0 Å². The molecule has 2 rings (SSSR count). The van der Waals surface area contributed by atoms with Gasteiger partial charge in [-0.3, -0.25) is 0 Å². The van der Waals surface area contributed by atoms with Crippen molar-refractivity contribution in [2.75, 3.05) is 13.7 Å². The van der Waals surface area contributed by atoms with Crippen LogP contribution in [0.1, 0.15) is 44.9 Å². The normalized spacial score (nSPS) is 18.4. The lowest BCUT2D eigenvalue weighted by Gasteiger charge is -2.36. The van der Waals surface area contributed by atoms with Crippen LogP contribution in [0.2, 0.25) is 0 Å². The average Bonchev–Trinajstić information content (AvgIpc) is 2.36. The second-order valence-corrected chi connectivity index (χ2v) is 6.16. The summed E-state index contributed by atoms with van der Waals surface area (Å²) in [5.74, 6) is 0.821. The molecule has 0 N–H and O–H groups in total. The smallest absolute Gasteiger partial charge is 0.410 e. The number of fused-ring (bicyclic) bond motifs is 1. The third-order valence-electron chi connectivity index (χ3n) is 3.52. The van der Waals surface area contributed by atoms with Gasteiger partial charge >= 0.3 is 6.09 Å². The molecular formula is C16H23NO3. The van der Waals surface area contributed by atoms with Gasteiger partial charge in [0.25, 0.3) is 0 Å². The number of carbonyl (C=O) groups is 1. The van der Waals surface area contributed by atoms with Crippen LogP contribution < -0.4 is 4.74 Å². The minimum atomic E-state index is -0.467. The molecule has 0 saturated heterocycles. The Morgan fingerprint density at radius 3 is 2.65 bits per heavy atom. The zero-order chi connectivity index (χ0) is 14.9. The summed E-state index contributed by atoms with van der Waals surface area (Å²) < 4.78 is 10.7. The number of nitrogens with zero attached hydrogens (tertiary/aromatic N) is 1. The first kappa shape index (κ1) is 14.7. The first-order valence-electron chi connectivity index (χ1n) is 6.98. The van der Waals surface area contributed by atoms with E-state index in [2.05, 4.69) is 6.07 Å². The molecule has 4 nitrogen and oxygen atoms in total. The Labute approximate surface area is 120 Å². The summed E-state index contributed by atoms with van der Waals surface area (Å²) in [5.41, 5.74) is 1.95. The molecule has 1 atom stereocenters. The molecule has 20 heavy (non-hydrogen) atoms. The molecule has 110 valence electrons. The van der Waals surface area contributed by atoms with Crippen molar-refractivity contribution in [3.63, 3.8) is 0 Å². The number of amides is 1. The summed E-state index contributed by atoms with van der Waals surface area (Å²) in [6, 6.07) is 6.06. The monoisotopic (exact) mass is 277 g/mol. The molecule has 0 fully saturated rings. The van der Waals surface area contributed by atoms with Gasteiger partial charge in [-0.2, -0.15) is 0 Å². The number of hydrogen-bond acceptors (Lipinski definition) is 3. The second-order valence-electron chi connectivity index (χ2n) is 6.16. The van der Waals surface area contributed by atoms with E-state index < -0.39 is 5.60 Å². The van der Waals surface area contributed by atoms with Gasteiger partial charge < -0.3 is 14.4 Å². The van der Waals surface area contributed by atoms with Crippen molar-refractivity contribution in [3.05, 3.63) is 29.3 Å². The molecule has 0 aliphatic carbocycles. The Morgan fingerprint density at radius 2 is 2.05 bits per heavy atom. The Balaban J connectivity index is 2.22. The largest absolute Gasteiger partial charge is 0.497 e. The van der Waals surface area contributed by atoms with Crippen LogP contribution in [0.3, 0.4) is 0 Å². The fraction of sp³-hybridized carbons (Fsp3) is 0.562. The van der Waals surface area contributed by atoms with Crippen LogP contribution >= 0.6 is 0 Å². The molecule has 0 aromatic heterocycles. The molecule has 0 bridgehead atoms. The molecule has 0 spiro atoms. The highest BCUT2D eigenvalue weighted by Crippen LogP contribution is 2.32. The van der Waals surface area contributed by atoms with Crippen molar-refractivity contribution >= 4 is 6.09 Å². The molecule has 1 aliphatic heterocycles. The molecule has 4 heteroatoms. The van der Waals surface area contributed by atoms with Gasteiger partial charge in [-0.1, -0.05) is 6.07 Å². The standard InChI is InChI=1S/C16H23NO3/c1-11-14-10-13(19-5)7-6-12(14)8-9-17(11)15(18)20-16(2,3)4/h6-7,10-11H,8-9H2,1-5H3/t11-/m0/s1. The summed E-state index contributed by atoms with van der Waals surface area (Å²) in [4.78, 5) is 14.0. The van der Waals surface area contributed by atoms with E-state index in [1.807, 2.05) is 39.8 Å². The topological polar surface area (TPSA) is 38.8 Å². The second kappa shape index (κ2) is 5.35. The van der Waals surface area contributed by atoms with E-state index in [0.717, 1.165) is 17.7 Å². The number of hydrogen-bond donors (Lipinski definition) is 0. The molecule has 1 heterocycles. The van der Waals surface area contributed by atoms with Crippen molar-refractivity contribution < 1.29 is 14.3 Å². The van der Waals surface area contributed by atoms with E-state index >= 15 is 0 Å². The molecule has 1 aromatic rings. The van der Waals surface area contributed by atoms with E-state index in [1.165, 1.54) is 5.56 Å². The number of benzene rings is 1. The number of ether oxygens (including phenoxy) is 2. The predicted molar refractivity (Wildman–Crippen MR) is 78.1 cm³/mol. The first-order chi connectivity index (χ1) is 9.31. The van der Waals surface area contributed by atoms with Crippen LogP contribution in [0.25, 0.3) is 0 Å². The Kier molecular flexibility index (Phi) is 3.93. The zero-order valence-corrected chi connectivity index (χ0v) is 12.9. The molecule has 0 unspecified atom stereocenters. The summed E-state index contributed by atoms with van der Waals surface area (Å²) in [5, 5.41) is 0. The highest BCUT2D eigenvalue weighted by atomic mass is 16.6. The van der Waals surface area contributed by atoms with E-state index in [9.17, 15) is 4.79 Å². The van der Waals surface area contributed by atoms with Gasteiger partial charge in [-0.25, -0.2) is 4.79 Å². The van der Waals surface area contributed by atoms with Gasteiger partial charge in [-0.15, -0.1) is 0 Å². The van der Waals surface area contributed by atoms with Crippen LogP contribution in [-0.4, -0.2) is 30.2 Å². The Morgan fingerprint density at radius 1 is 1.35 bits per heavy atom. The molecule has 1 amide bonds. The van der Waals surface area contributed by atoms with Crippen molar-refractivity contribution in [1.82, 2.24) is 4.90 Å². The minimum absolute atomic E-state index is 0.00343. The van der Waals surface area contributed by atoms with Crippen LogP contribution in [0.4, 0.5) is 4.79 Å². The van der Waals surface area contributed by atoms with Crippen LogP contribution in [-0.2, 0) is 11.2 Å². The molecular weight excluding hydrogens is 254 g/mol. The van der Waals surface area contributed by atoms with Gasteiger partial charge in [0.1, 0.15) is 11.4 Å². The third-order valence-corrected chi connectivity index (χ3v) is 3.52. The predicted octanol–water partition coefficient (Wildman–Crippen LogP) is 3.55. The maximum atomic E-state index is 12.3. The lowest BCUT2D eigenvalue weighted by atomic mass is 9.93. The number of carbonyl (C=O) groups excluding carboxylic acids is 1. The zero-order valence-electron chi connectivity index (χ0n) is 12.9. The van der Waals surface area contributed by atoms with Gasteiger partial charge in [0.05, 0.1) is 13.2 Å². The fourth-order valence-electron chi connectivity index (χ4n) is 2.49. The number of rotatable bonds is 1. The first-order valence-corrected chi connectivity index (χ1v) is 6.98. The highest BCUT2D eigenvalue weighted by molar-refractivity contribution is 5.69. The minimum Gasteiger partial charge on any atom is -0.497 e. The third kappa shape index (κ3) is 3.06. The Bertz CT molecular complexity index is 505. The van der Waals surface area contributed by atoms with Crippen LogP contribution in [0.15, 0.2) is 18.2 Å². The fourth-order valence-corrected chi connectivity index (χ4v) is 2.49. The lowest BCUT2D eigenvalue weighted by molar-refractivity contribution is 0.0159.